The molecule has 3 nitrogen and oxygen atoms in total. The summed E-state index contributed by atoms with van der Waals surface area (Å²) in [6.45, 7) is 5.83. The Labute approximate surface area is 97.9 Å². The maximum absolute atomic E-state index is 11.0. The highest BCUT2D eigenvalue weighted by Gasteiger charge is 2.41. The first-order valence-electron chi connectivity index (χ1n) is 6.29. The largest absolute Gasteiger partial charge is 0.479 e. The van der Waals surface area contributed by atoms with Crippen LogP contribution in [-0.2, 0) is 4.79 Å². The minimum atomic E-state index is -1.55. The lowest BCUT2D eigenvalue weighted by molar-refractivity contribution is -0.164. The van der Waals surface area contributed by atoms with Crippen LogP contribution in [0.3, 0.4) is 0 Å². The number of aliphatic carboxylic acids is 1. The molecule has 0 aromatic rings. The van der Waals surface area contributed by atoms with Crippen LogP contribution in [0.15, 0.2) is 0 Å². The van der Waals surface area contributed by atoms with Crippen molar-refractivity contribution in [1.29, 1.82) is 0 Å². The van der Waals surface area contributed by atoms with Gasteiger partial charge in [-0.15, -0.1) is 0 Å². The fourth-order valence-electron chi connectivity index (χ4n) is 2.86. The number of carbonyl (C=O) groups is 1. The summed E-state index contributed by atoms with van der Waals surface area (Å²) in [4.78, 5) is 11.0. The van der Waals surface area contributed by atoms with E-state index in [4.69, 9.17) is 5.11 Å². The summed E-state index contributed by atoms with van der Waals surface area (Å²) in [6.07, 6.45) is 5.08. The zero-order valence-electron chi connectivity index (χ0n) is 10.6. The van der Waals surface area contributed by atoms with Crippen molar-refractivity contribution < 1.29 is 15.0 Å². The van der Waals surface area contributed by atoms with E-state index in [0.717, 1.165) is 25.7 Å². The molecule has 1 aliphatic carbocycles. The van der Waals surface area contributed by atoms with Crippen LogP contribution in [0.4, 0.5) is 0 Å². The van der Waals surface area contributed by atoms with E-state index < -0.39 is 11.6 Å². The van der Waals surface area contributed by atoms with Crippen LogP contribution >= 0.6 is 0 Å². The fraction of sp³-hybridized carbons (Fsp3) is 0.923. The van der Waals surface area contributed by atoms with Crippen LogP contribution in [0.5, 0.6) is 0 Å². The van der Waals surface area contributed by atoms with Gasteiger partial charge in [0, 0.05) is 0 Å². The molecule has 1 rings (SSSR count). The first-order chi connectivity index (χ1) is 7.34. The second-order valence-electron chi connectivity index (χ2n) is 5.81. The minimum absolute atomic E-state index is 0.0810. The molecule has 3 heteroatoms. The predicted octanol–water partition coefficient (Wildman–Crippen LogP) is 2.67. The summed E-state index contributed by atoms with van der Waals surface area (Å²) < 4.78 is 0. The molecule has 0 aliphatic heterocycles. The van der Waals surface area contributed by atoms with E-state index in [-0.39, 0.29) is 5.92 Å². The molecule has 16 heavy (non-hydrogen) atoms. The summed E-state index contributed by atoms with van der Waals surface area (Å²) >= 11 is 0. The van der Waals surface area contributed by atoms with E-state index in [1.165, 1.54) is 13.3 Å². The Bertz CT molecular complexity index is 246. The van der Waals surface area contributed by atoms with Crippen molar-refractivity contribution in [2.24, 2.45) is 17.8 Å². The van der Waals surface area contributed by atoms with Crippen molar-refractivity contribution in [3.8, 4) is 0 Å². The number of carboxylic acids is 1. The molecular formula is C13H24O3. The lowest BCUT2D eigenvalue weighted by Crippen LogP contribution is -2.44. The maximum Gasteiger partial charge on any atom is 0.335 e. The van der Waals surface area contributed by atoms with E-state index in [9.17, 15) is 9.90 Å². The average molecular weight is 228 g/mol. The van der Waals surface area contributed by atoms with Gasteiger partial charge in [-0.25, -0.2) is 4.79 Å². The van der Waals surface area contributed by atoms with Crippen molar-refractivity contribution in [2.45, 2.75) is 58.5 Å². The highest BCUT2D eigenvalue weighted by Crippen LogP contribution is 2.38. The molecule has 1 fully saturated rings. The molecule has 0 amide bonds. The SMILES string of the molecule is CC(C)CC1CCCC(C(C)(O)C(=O)O)C1. The average Bonchev–Trinajstić information content (AvgIpc) is 2.16. The third-order valence-electron chi connectivity index (χ3n) is 3.82. The Balaban J connectivity index is 2.59. The Hall–Kier alpha value is -0.570. The molecule has 0 bridgehead atoms. The Morgan fingerprint density at radius 2 is 2.06 bits per heavy atom. The van der Waals surface area contributed by atoms with E-state index >= 15 is 0 Å². The smallest absolute Gasteiger partial charge is 0.335 e. The zero-order chi connectivity index (χ0) is 12.3. The highest BCUT2D eigenvalue weighted by molar-refractivity contribution is 5.76. The van der Waals surface area contributed by atoms with Crippen LogP contribution in [0, 0.1) is 17.8 Å². The highest BCUT2D eigenvalue weighted by atomic mass is 16.4. The van der Waals surface area contributed by atoms with E-state index in [1.54, 1.807) is 0 Å². The van der Waals surface area contributed by atoms with E-state index in [1.807, 2.05) is 0 Å². The van der Waals surface area contributed by atoms with Gasteiger partial charge >= 0.3 is 5.97 Å². The first-order valence-corrected chi connectivity index (χ1v) is 6.29. The molecule has 0 saturated heterocycles. The van der Waals surface area contributed by atoms with Crippen molar-refractivity contribution in [1.82, 2.24) is 0 Å². The zero-order valence-corrected chi connectivity index (χ0v) is 10.6. The van der Waals surface area contributed by atoms with Gasteiger partial charge in [0.15, 0.2) is 5.60 Å². The lowest BCUT2D eigenvalue weighted by Gasteiger charge is -2.36. The lowest BCUT2D eigenvalue weighted by atomic mass is 9.71. The van der Waals surface area contributed by atoms with Crippen LogP contribution in [-0.4, -0.2) is 21.8 Å². The molecule has 3 atom stereocenters. The standard InChI is InChI=1S/C13H24O3/c1-9(2)7-10-5-4-6-11(8-10)13(3,16)12(14)15/h9-11,16H,4-8H2,1-3H3,(H,14,15). The van der Waals surface area contributed by atoms with Gasteiger partial charge in [0.05, 0.1) is 0 Å². The van der Waals surface area contributed by atoms with Crippen molar-refractivity contribution in [3.63, 3.8) is 0 Å². The molecule has 94 valence electrons. The van der Waals surface area contributed by atoms with Crippen molar-refractivity contribution in [3.05, 3.63) is 0 Å². The number of hydrogen-bond acceptors (Lipinski definition) is 2. The van der Waals surface area contributed by atoms with Gasteiger partial charge in [0.1, 0.15) is 0 Å². The molecule has 3 unspecified atom stereocenters. The molecule has 2 N–H and O–H groups in total. The van der Waals surface area contributed by atoms with Crippen LogP contribution in [0.25, 0.3) is 0 Å². The van der Waals surface area contributed by atoms with Crippen LogP contribution in [0.2, 0.25) is 0 Å². The van der Waals surface area contributed by atoms with Gasteiger partial charge in [-0.1, -0.05) is 26.7 Å². The molecule has 0 radical (unpaired) electrons. The molecule has 0 aromatic carbocycles. The molecule has 1 aliphatic rings. The normalized spacial score (nSPS) is 30.1. The summed E-state index contributed by atoms with van der Waals surface area (Å²) in [5, 5.41) is 19.0. The van der Waals surface area contributed by atoms with Gasteiger partial charge in [0.2, 0.25) is 0 Å². The van der Waals surface area contributed by atoms with Gasteiger partial charge in [-0.05, 0) is 43.9 Å². The Kier molecular flexibility index (Phi) is 4.36. The summed E-state index contributed by atoms with van der Waals surface area (Å²) in [5.41, 5.74) is -1.55. The first kappa shape index (κ1) is 13.5. The molecule has 0 aromatic heterocycles. The van der Waals surface area contributed by atoms with Gasteiger partial charge in [0.25, 0.3) is 0 Å². The number of hydrogen-bond donors (Lipinski definition) is 2. The van der Waals surface area contributed by atoms with Crippen molar-refractivity contribution >= 4 is 5.97 Å². The second-order valence-corrected chi connectivity index (χ2v) is 5.81. The monoisotopic (exact) mass is 228 g/mol. The topological polar surface area (TPSA) is 57.5 Å². The number of aliphatic hydroxyl groups is 1. The Morgan fingerprint density at radius 1 is 1.44 bits per heavy atom. The summed E-state index contributed by atoms with van der Waals surface area (Å²) in [7, 11) is 0. The second kappa shape index (κ2) is 5.17. The molecule has 0 heterocycles. The van der Waals surface area contributed by atoms with Gasteiger partial charge < -0.3 is 10.2 Å². The van der Waals surface area contributed by atoms with E-state index in [0.29, 0.717) is 11.8 Å². The predicted molar refractivity (Wildman–Crippen MR) is 63.2 cm³/mol. The third-order valence-corrected chi connectivity index (χ3v) is 3.82. The Morgan fingerprint density at radius 3 is 2.56 bits per heavy atom. The van der Waals surface area contributed by atoms with Crippen LogP contribution in [0.1, 0.15) is 52.9 Å². The maximum atomic E-state index is 11.0. The van der Waals surface area contributed by atoms with Gasteiger partial charge in [-0.2, -0.15) is 0 Å². The minimum Gasteiger partial charge on any atom is -0.479 e. The quantitative estimate of drug-likeness (QED) is 0.777. The fourth-order valence-corrected chi connectivity index (χ4v) is 2.86. The molecule has 1 saturated carbocycles. The summed E-state index contributed by atoms with van der Waals surface area (Å²) in [5.74, 6) is 0.0771. The summed E-state index contributed by atoms with van der Waals surface area (Å²) in [6, 6.07) is 0. The number of rotatable bonds is 4. The van der Waals surface area contributed by atoms with Crippen LogP contribution < -0.4 is 0 Å². The molecular weight excluding hydrogens is 204 g/mol. The van der Waals surface area contributed by atoms with Crippen molar-refractivity contribution in [2.75, 3.05) is 0 Å². The molecule has 0 spiro atoms. The third kappa shape index (κ3) is 3.21. The van der Waals surface area contributed by atoms with E-state index in [2.05, 4.69) is 13.8 Å². The number of carboxylic acid groups (broad SMARTS) is 1. The van der Waals surface area contributed by atoms with Gasteiger partial charge in [-0.3, -0.25) is 0 Å².